The number of benzene rings is 2. The van der Waals surface area contributed by atoms with E-state index >= 15 is 0 Å². The van der Waals surface area contributed by atoms with Gasteiger partial charge in [-0.05, 0) is 24.6 Å². The Morgan fingerprint density at radius 3 is 2.69 bits per heavy atom. The molecule has 1 saturated heterocycles. The molecule has 0 spiro atoms. The Labute approximate surface area is 169 Å². The van der Waals surface area contributed by atoms with Gasteiger partial charge in [-0.25, -0.2) is 9.37 Å². The van der Waals surface area contributed by atoms with Gasteiger partial charge in [0.05, 0.1) is 19.3 Å². The standard InChI is InChI=1S/C23H23FN2O3/c1-16-2-4-17(5-3-16)20-14-25-22(29-20)10-11-23(27)26-12-13-28-21(15-26)18-6-8-19(24)9-7-18/h2-9,14,21H,10-13,15H2,1H3. The zero-order valence-corrected chi connectivity index (χ0v) is 16.3. The molecule has 1 fully saturated rings. The van der Waals surface area contributed by atoms with Crippen LogP contribution >= 0.6 is 0 Å². The molecular formula is C23H23FN2O3. The lowest BCUT2D eigenvalue weighted by Gasteiger charge is -2.33. The molecule has 4 rings (SSSR count). The van der Waals surface area contributed by atoms with Gasteiger partial charge in [-0.3, -0.25) is 4.79 Å². The lowest BCUT2D eigenvalue weighted by molar-refractivity contribution is -0.139. The molecule has 0 saturated carbocycles. The van der Waals surface area contributed by atoms with Crippen LogP contribution in [-0.2, 0) is 16.0 Å². The topological polar surface area (TPSA) is 55.6 Å². The predicted molar refractivity (Wildman–Crippen MR) is 107 cm³/mol. The average Bonchev–Trinajstić information content (AvgIpc) is 3.22. The summed E-state index contributed by atoms with van der Waals surface area (Å²) in [7, 11) is 0. The average molecular weight is 394 g/mol. The number of carbonyl (C=O) groups excluding carboxylic acids is 1. The Hall–Kier alpha value is -2.99. The highest BCUT2D eigenvalue weighted by Gasteiger charge is 2.25. The number of halogens is 1. The van der Waals surface area contributed by atoms with Gasteiger partial charge in [0, 0.05) is 24.9 Å². The lowest BCUT2D eigenvalue weighted by Crippen LogP contribution is -2.42. The quantitative estimate of drug-likeness (QED) is 0.647. The van der Waals surface area contributed by atoms with Crippen molar-refractivity contribution in [2.75, 3.05) is 19.7 Å². The van der Waals surface area contributed by atoms with Crippen LogP contribution in [-0.4, -0.2) is 35.5 Å². The monoisotopic (exact) mass is 394 g/mol. The number of carbonyl (C=O) groups is 1. The number of hydrogen-bond acceptors (Lipinski definition) is 4. The summed E-state index contributed by atoms with van der Waals surface area (Å²) in [4.78, 5) is 18.8. The fraction of sp³-hybridized carbons (Fsp3) is 0.304. The molecule has 6 heteroatoms. The molecule has 3 aromatic rings. The molecule has 0 radical (unpaired) electrons. The fourth-order valence-corrected chi connectivity index (χ4v) is 3.40. The minimum absolute atomic E-state index is 0.0375. The molecule has 1 amide bonds. The van der Waals surface area contributed by atoms with Crippen molar-refractivity contribution in [2.24, 2.45) is 0 Å². The van der Waals surface area contributed by atoms with E-state index in [9.17, 15) is 9.18 Å². The molecule has 1 aliphatic heterocycles. The van der Waals surface area contributed by atoms with Crippen LogP contribution in [0.5, 0.6) is 0 Å². The van der Waals surface area contributed by atoms with Crippen molar-refractivity contribution >= 4 is 5.91 Å². The maximum Gasteiger partial charge on any atom is 0.223 e. The van der Waals surface area contributed by atoms with E-state index in [-0.39, 0.29) is 17.8 Å². The van der Waals surface area contributed by atoms with E-state index in [1.807, 2.05) is 31.2 Å². The summed E-state index contributed by atoms with van der Waals surface area (Å²) in [5.74, 6) is 1.01. The summed E-state index contributed by atoms with van der Waals surface area (Å²) >= 11 is 0. The van der Waals surface area contributed by atoms with Crippen molar-refractivity contribution in [1.82, 2.24) is 9.88 Å². The van der Waals surface area contributed by atoms with Crippen LogP contribution in [0.1, 0.15) is 29.5 Å². The number of morpholine rings is 1. The first-order valence-electron chi connectivity index (χ1n) is 9.75. The van der Waals surface area contributed by atoms with Crippen LogP contribution in [0.15, 0.2) is 59.1 Å². The van der Waals surface area contributed by atoms with Crippen LogP contribution in [0, 0.1) is 12.7 Å². The molecule has 1 unspecified atom stereocenters. The second kappa shape index (κ2) is 8.57. The normalized spacial score (nSPS) is 16.8. The molecule has 5 nitrogen and oxygen atoms in total. The van der Waals surface area contributed by atoms with Crippen molar-refractivity contribution < 1.29 is 18.3 Å². The first-order valence-corrected chi connectivity index (χ1v) is 9.75. The van der Waals surface area contributed by atoms with E-state index in [1.165, 1.54) is 17.7 Å². The molecular weight excluding hydrogens is 371 g/mol. The summed E-state index contributed by atoms with van der Waals surface area (Å²) in [5, 5.41) is 0. The molecule has 1 aliphatic rings. The number of oxazole rings is 1. The van der Waals surface area contributed by atoms with Gasteiger partial charge in [-0.1, -0.05) is 42.0 Å². The van der Waals surface area contributed by atoms with E-state index in [2.05, 4.69) is 4.98 Å². The second-order valence-corrected chi connectivity index (χ2v) is 7.24. The largest absolute Gasteiger partial charge is 0.441 e. The Kier molecular flexibility index (Phi) is 5.71. The van der Waals surface area contributed by atoms with Crippen LogP contribution in [0.2, 0.25) is 0 Å². The van der Waals surface area contributed by atoms with Crippen molar-refractivity contribution in [1.29, 1.82) is 0 Å². The van der Waals surface area contributed by atoms with Gasteiger partial charge < -0.3 is 14.1 Å². The summed E-state index contributed by atoms with van der Waals surface area (Å²) < 4.78 is 24.7. The highest BCUT2D eigenvalue weighted by atomic mass is 19.1. The molecule has 29 heavy (non-hydrogen) atoms. The lowest BCUT2D eigenvalue weighted by atomic mass is 10.1. The molecule has 2 heterocycles. The summed E-state index contributed by atoms with van der Waals surface area (Å²) in [6.45, 7) is 3.51. The zero-order chi connectivity index (χ0) is 20.2. The van der Waals surface area contributed by atoms with Gasteiger partial charge in [0.15, 0.2) is 11.7 Å². The number of aromatic nitrogens is 1. The molecule has 0 N–H and O–H groups in total. The van der Waals surface area contributed by atoms with Crippen LogP contribution < -0.4 is 0 Å². The summed E-state index contributed by atoms with van der Waals surface area (Å²) in [6, 6.07) is 14.3. The molecule has 1 aromatic heterocycles. The molecule has 1 atom stereocenters. The van der Waals surface area contributed by atoms with Gasteiger partial charge in [-0.2, -0.15) is 0 Å². The third kappa shape index (κ3) is 4.71. The van der Waals surface area contributed by atoms with E-state index in [1.54, 1.807) is 23.2 Å². The second-order valence-electron chi connectivity index (χ2n) is 7.24. The third-order valence-corrected chi connectivity index (χ3v) is 5.10. The van der Waals surface area contributed by atoms with Gasteiger partial charge in [0.2, 0.25) is 5.91 Å². The van der Waals surface area contributed by atoms with Gasteiger partial charge >= 0.3 is 0 Å². The van der Waals surface area contributed by atoms with E-state index in [4.69, 9.17) is 9.15 Å². The fourth-order valence-electron chi connectivity index (χ4n) is 3.40. The minimum Gasteiger partial charge on any atom is -0.441 e. The number of amides is 1. The van der Waals surface area contributed by atoms with Crippen molar-refractivity contribution in [3.05, 3.63) is 77.6 Å². The van der Waals surface area contributed by atoms with Crippen LogP contribution in [0.4, 0.5) is 4.39 Å². The van der Waals surface area contributed by atoms with Gasteiger partial charge in [-0.15, -0.1) is 0 Å². The van der Waals surface area contributed by atoms with Gasteiger partial charge in [0.1, 0.15) is 11.9 Å². The number of nitrogens with zero attached hydrogens (tertiary/aromatic N) is 2. The van der Waals surface area contributed by atoms with Crippen LogP contribution in [0.3, 0.4) is 0 Å². The van der Waals surface area contributed by atoms with Crippen LogP contribution in [0.25, 0.3) is 11.3 Å². The number of aryl methyl sites for hydroxylation is 2. The van der Waals surface area contributed by atoms with Crippen molar-refractivity contribution in [2.45, 2.75) is 25.9 Å². The Morgan fingerprint density at radius 1 is 1.17 bits per heavy atom. The number of hydrogen-bond donors (Lipinski definition) is 0. The molecule has 2 aromatic carbocycles. The Bertz CT molecular complexity index is 967. The summed E-state index contributed by atoms with van der Waals surface area (Å²) in [6.07, 6.45) is 2.24. The summed E-state index contributed by atoms with van der Waals surface area (Å²) in [5.41, 5.74) is 3.03. The predicted octanol–water partition coefficient (Wildman–Crippen LogP) is 4.32. The highest BCUT2D eigenvalue weighted by molar-refractivity contribution is 5.76. The highest BCUT2D eigenvalue weighted by Crippen LogP contribution is 2.24. The van der Waals surface area contributed by atoms with Crippen molar-refractivity contribution in [3.63, 3.8) is 0 Å². The Morgan fingerprint density at radius 2 is 1.93 bits per heavy atom. The number of ether oxygens (including phenoxy) is 1. The van der Waals surface area contributed by atoms with E-state index in [0.29, 0.717) is 44.2 Å². The smallest absolute Gasteiger partial charge is 0.223 e. The third-order valence-electron chi connectivity index (χ3n) is 5.10. The molecule has 0 aliphatic carbocycles. The zero-order valence-electron chi connectivity index (χ0n) is 16.3. The Balaban J connectivity index is 1.33. The molecule has 0 bridgehead atoms. The van der Waals surface area contributed by atoms with Crippen molar-refractivity contribution in [3.8, 4) is 11.3 Å². The SMILES string of the molecule is Cc1ccc(-c2cnc(CCC(=O)N3CCOC(c4ccc(F)cc4)C3)o2)cc1. The number of rotatable bonds is 5. The maximum atomic E-state index is 13.1. The first kappa shape index (κ1) is 19.3. The van der Waals surface area contributed by atoms with E-state index in [0.717, 1.165) is 11.1 Å². The maximum absolute atomic E-state index is 13.1. The molecule has 150 valence electrons. The first-order chi connectivity index (χ1) is 14.1. The van der Waals surface area contributed by atoms with E-state index < -0.39 is 0 Å². The minimum atomic E-state index is -0.284. The van der Waals surface area contributed by atoms with Gasteiger partial charge in [0.25, 0.3) is 0 Å².